The Labute approximate surface area is 165 Å². The second kappa shape index (κ2) is 9.43. The van der Waals surface area contributed by atoms with Crippen molar-refractivity contribution in [2.45, 2.75) is 51.5 Å². The molecule has 27 heavy (non-hydrogen) atoms. The third-order valence-corrected chi connectivity index (χ3v) is 4.77. The fourth-order valence-corrected chi connectivity index (χ4v) is 3.41. The van der Waals surface area contributed by atoms with E-state index in [-0.39, 0.29) is 10.8 Å². The standard InChI is InChI=1S/C18H26ClN3O4S/c1-12(2)9-13(11-21-17(24)26-18(3,4)5)16(23)22-27(20,25)15-8-6-7-14(19)10-15/h6-8,10-13H,9H2,1-5H3,(H2,20,22,23,25)/b21-11+. The molecule has 2 N–H and O–H groups in total. The third kappa shape index (κ3) is 8.64. The van der Waals surface area contributed by atoms with Gasteiger partial charge in [-0.1, -0.05) is 31.5 Å². The van der Waals surface area contributed by atoms with Gasteiger partial charge in [0.25, 0.3) is 5.91 Å². The number of benzene rings is 1. The Hall–Kier alpha value is -1.77. The van der Waals surface area contributed by atoms with Crippen molar-refractivity contribution >= 4 is 39.7 Å². The Bertz CT molecular complexity index is 837. The minimum Gasteiger partial charge on any atom is -0.442 e. The molecule has 9 heteroatoms. The molecule has 0 fully saturated rings. The highest BCUT2D eigenvalue weighted by Gasteiger charge is 2.22. The van der Waals surface area contributed by atoms with Crippen molar-refractivity contribution in [3.63, 3.8) is 0 Å². The molecule has 0 bridgehead atoms. The SMILES string of the molecule is CC(C)CC(/C=N/C(=O)OC(C)(C)C)C(=O)N=S(N)(=O)c1cccc(Cl)c1. The molecule has 2 unspecified atom stereocenters. The molecule has 0 aliphatic carbocycles. The van der Waals surface area contributed by atoms with Crippen LogP contribution in [0.15, 0.2) is 38.5 Å². The van der Waals surface area contributed by atoms with E-state index in [1.807, 2.05) is 13.8 Å². The maximum Gasteiger partial charge on any atom is 0.433 e. The Balaban J connectivity index is 3.11. The van der Waals surface area contributed by atoms with Gasteiger partial charge in [0.2, 0.25) is 0 Å². The Morgan fingerprint density at radius 1 is 1.33 bits per heavy atom. The van der Waals surface area contributed by atoms with E-state index in [9.17, 15) is 13.8 Å². The van der Waals surface area contributed by atoms with Crippen LogP contribution in [0, 0.1) is 11.8 Å². The number of ether oxygens (including phenoxy) is 1. The predicted molar refractivity (Wildman–Crippen MR) is 107 cm³/mol. The van der Waals surface area contributed by atoms with Crippen LogP contribution >= 0.6 is 11.6 Å². The van der Waals surface area contributed by atoms with Crippen LogP contribution in [0.3, 0.4) is 0 Å². The molecule has 0 heterocycles. The molecule has 150 valence electrons. The zero-order chi connectivity index (χ0) is 20.8. The van der Waals surface area contributed by atoms with Crippen molar-refractivity contribution in [1.82, 2.24) is 0 Å². The molecular weight excluding hydrogens is 390 g/mol. The molecule has 2 atom stereocenters. The zero-order valence-electron chi connectivity index (χ0n) is 16.1. The first kappa shape index (κ1) is 23.3. The van der Waals surface area contributed by atoms with Crippen LogP contribution in [-0.4, -0.2) is 28.0 Å². The Morgan fingerprint density at radius 2 is 1.96 bits per heavy atom. The van der Waals surface area contributed by atoms with Crippen molar-refractivity contribution < 1.29 is 18.5 Å². The number of aliphatic imine (C=N–C) groups is 1. The van der Waals surface area contributed by atoms with E-state index in [2.05, 4.69) is 9.36 Å². The molecule has 0 saturated heterocycles. The van der Waals surface area contributed by atoms with Gasteiger partial charge in [0.15, 0.2) is 0 Å². The number of amides is 2. The number of hydrogen-bond donors (Lipinski definition) is 1. The van der Waals surface area contributed by atoms with Gasteiger partial charge in [0, 0.05) is 11.2 Å². The van der Waals surface area contributed by atoms with Gasteiger partial charge < -0.3 is 4.74 Å². The van der Waals surface area contributed by atoms with Gasteiger partial charge in [-0.25, -0.2) is 14.1 Å². The fraction of sp³-hybridized carbons (Fsp3) is 0.500. The van der Waals surface area contributed by atoms with E-state index < -0.39 is 33.4 Å². The maximum atomic E-state index is 12.7. The van der Waals surface area contributed by atoms with Gasteiger partial charge in [-0.2, -0.15) is 4.99 Å². The summed E-state index contributed by atoms with van der Waals surface area (Å²) in [6.45, 7) is 8.93. The van der Waals surface area contributed by atoms with Crippen LogP contribution in [0.1, 0.15) is 41.0 Å². The Kier molecular flexibility index (Phi) is 8.13. The second-order valence-corrected chi connectivity index (χ2v) is 9.68. The highest BCUT2D eigenvalue weighted by atomic mass is 35.5. The molecule has 1 aromatic carbocycles. The van der Waals surface area contributed by atoms with Crippen molar-refractivity contribution in [1.29, 1.82) is 0 Å². The summed E-state index contributed by atoms with van der Waals surface area (Å²) >= 11 is 5.88. The molecule has 0 spiro atoms. The lowest BCUT2D eigenvalue weighted by Crippen LogP contribution is -2.24. The summed E-state index contributed by atoms with van der Waals surface area (Å²) in [5.74, 6) is -1.45. The van der Waals surface area contributed by atoms with E-state index in [0.29, 0.717) is 11.4 Å². The van der Waals surface area contributed by atoms with Crippen LogP contribution in [0.25, 0.3) is 0 Å². The normalized spacial score (nSPS) is 15.4. The maximum absolute atomic E-state index is 12.7. The van der Waals surface area contributed by atoms with Crippen molar-refractivity contribution in [3.8, 4) is 0 Å². The highest BCUT2D eigenvalue weighted by molar-refractivity contribution is 7.91. The summed E-state index contributed by atoms with van der Waals surface area (Å²) in [5, 5.41) is 6.09. The second-order valence-electron chi connectivity index (χ2n) is 7.45. The van der Waals surface area contributed by atoms with Crippen LogP contribution in [0.2, 0.25) is 5.02 Å². The number of carbonyl (C=O) groups is 2. The van der Waals surface area contributed by atoms with Gasteiger partial charge >= 0.3 is 6.09 Å². The molecule has 7 nitrogen and oxygen atoms in total. The summed E-state index contributed by atoms with van der Waals surface area (Å²) in [7, 11) is -3.47. The molecule has 0 aromatic heterocycles. The lowest BCUT2D eigenvalue weighted by Gasteiger charge is -2.17. The predicted octanol–water partition coefficient (Wildman–Crippen LogP) is 4.24. The summed E-state index contributed by atoms with van der Waals surface area (Å²) in [6.07, 6.45) is 0.722. The van der Waals surface area contributed by atoms with Gasteiger partial charge in [-0.15, -0.1) is 4.36 Å². The van der Waals surface area contributed by atoms with Gasteiger partial charge in [0.05, 0.1) is 10.8 Å². The largest absolute Gasteiger partial charge is 0.442 e. The number of nitrogens with two attached hydrogens (primary N) is 1. The molecule has 0 radical (unpaired) electrons. The molecule has 1 rings (SSSR count). The summed E-state index contributed by atoms with van der Waals surface area (Å²) < 4.78 is 21.4. The number of carbonyl (C=O) groups excluding carboxylic acids is 2. The number of nitrogens with zero attached hydrogens (tertiary/aromatic N) is 2. The molecular formula is C18H26ClN3O4S. The fourth-order valence-electron chi connectivity index (χ4n) is 2.08. The monoisotopic (exact) mass is 415 g/mol. The summed E-state index contributed by atoms with van der Waals surface area (Å²) in [5.41, 5.74) is -0.700. The number of hydrogen-bond acceptors (Lipinski definition) is 4. The minimum absolute atomic E-state index is 0.110. The molecule has 0 aliphatic rings. The van der Waals surface area contributed by atoms with Crippen LogP contribution < -0.4 is 5.14 Å². The molecule has 0 saturated carbocycles. The van der Waals surface area contributed by atoms with Gasteiger partial charge in [-0.05, 0) is 51.3 Å². The first-order valence-electron chi connectivity index (χ1n) is 8.41. The first-order valence-corrected chi connectivity index (χ1v) is 10.4. The summed E-state index contributed by atoms with van der Waals surface area (Å²) in [4.78, 5) is 28.1. The molecule has 1 aromatic rings. The van der Waals surface area contributed by atoms with E-state index in [1.54, 1.807) is 32.9 Å². The average Bonchev–Trinajstić information content (AvgIpc) is 2.48. The lowest BCUT2D eigenvalue weighted by atomic mass is 9.98. The van der Waals surface area contributed by atoms with Crippen molar-refractivity contribution in [2.24, 2.45) is 26.3 Å². The average molecular weight is 416 g/mol. The van der Waals surface area contributed by atoms with Crippen LogP contribution in [0.4, 0.5) is 4.79 Å². The first-order chi connectivity index (χ1) is 12.3. The van der Waals surface area contributed by atoms with Crippen LogP contribution in [0.5, 0.6) is 0 Å². The lowest BCUT2D eigenvalue weighted by molar-refractivity contribution is -0.119. The van der Waals surface area contributed by atoms with Crippen LogP contribution in [-0.2, 0) is 19.4 Å². The Morgan fingerprint density at radius 3 is 2.48 bits per heavy atom. The zero-order valence-corrected chi connectivity index (χ0v) is 17.7. The topological polar surface area (TPSA) is 111 Å². The third-order valence-electron chi connectivity index (χ3n) is 3.16. The van der Waals surface area contributed by atoms with E-state index >= 15 is 0 Å². The van der Waals surface area contributed by atoms with Gasteiger partial charge in [0.1, 0.15) is 15.5 Å². The molecule has 2 amide bonds. The minimum atomic E-state index is -3.47. The van der Waals surface area contributed by atoms with Gasteiger partial charge in [-0.3, -0.25) is 4.79 Å². The smallest absolute Gasteiger partial charge is 0.433 e. The number of rotatable bonds is 5. The molecule has 0 aliphatic heterocycles. The highest BCUT2D eigenvalue weighted by Crippen LogP contribution is 2.18. The summed E-state index contributed by atoms with van der Waals surface area (Å²) in [6, 6.07) is 6.04. The number of halogens is 1. The quantitative estimate of drug-likeness (QED) is 0.725. The van der Waals surface area contributed by atoms with Crippen molar-refractivity contribution in [3.05, 3.63) is 29.3 Å². The van der Waals surface area contributed by atoms with E-state index in [0.717, 1.165) is 0 Å². The van der Waals surface area contributed by atoms with E-state index in [4.69, 9.17) is 21.5 Å². The van der Waals surface area contributed by atoms with Crippen molar-refractivity contribution in [2.75, 3.05) is 0 Å². The van der Waals surface area contributed by atoms with E-state index in [1.165, 1.54) is 18.3 Å².